The Labute approximate surface area is 126 Å². The van der Waals surface area contributed by atoms with E-state index in [9.17, 15) is 9.18 Å². The number of halogens is 1. The van der Waals surface area contributed by atoms with Gasteiger partial charge in [0, 0.05) is 12.6 Å². The highest BCUT2D eigenvalue weighted by Gasteiger charge is 2.20. The van der Waals surface area contributed by atoms with Gasteiger partial charge < -0.3 is 9.64 Å². The Balaban J connectivity index is 2.85. The molecule has 0 radical (unpaired) electrons. The Bertz CT molecular complexity index is 477. The van der Waals surface area contributed by atoms with Gasteiger partial charge in [-0.25, -0.2) is 4.39 Å². The monoisotopic (exact) mass is 296 g/mol. The largest absolute Gasteiger partial charge is 0.496 e. The van der Waals surface area contributed by atoms with Crippen molar-refractivity contribution in [2.24, 2.45) is 0 Å². The second-order valence-corrected chi connectivity index (χ2v) is 5.44. The van der Waals surface area contributed by atoms with E-state index in [4.69, 9.17) is 4.74 Å². The molecule has 118 valence electrons. The van der Waals surface area contributed by atoms with E-state index in [2.05, 4.69) is 16.7 Å². The van der Waals surface area contributed by atoms with E-state index in [0.717, 1.165) is 13.1 Å². The number of hydrogen-bond acceptors (Lipinski definition) is 4. The normalized spacial score (nSPS) is 12.8. The van der Waals surface area contributed by atoms with E-state index in [0.29, 0.717) is 11.3 Å². The molecule has 0 saturated carbocycles. The molecule has 1 aromatic carbocycles. The van der Waals surface area contributed by atoms with Gasteiger partial charge in [0.25, 0.3) is 0 Å². The van der Waals surface area contributed by atoms with Crippen LogP contribution in [0.4, 0.5) is 4.39 Å². The lowest BCUT2D eigenvalue weighted by molar-refractivity contribution is 0.0885. The van der Waals surface area contributed by atoms with Crippen molar-refractivity contribution in [1.82, 2.24) is 9.80 Å². The van der Waals surface area contributed by atoms with Crippen LogP contribution in [-0.4, -0.2) is 62.5 Å². The quantitative estimate of drug-likeness (QED) is 0.689. The molecule has 0 saturated heterocycles. The summed E-state index contributed by atoms with van der Waals surface area (Å²) < 4.78 is 18.5. The van der Waals surface area contributed by atoms with Gasteiger partial charge in [0.1, 0.15) is 11.6 Å². The Morgan fingerprint density at radius 2 is 2.05 bits per heavy atom. The number of likely N-dealkylation sites (N-methyl/N-ethyl adjacent to an activating group) is 2. The van der Waals surface area contributed by atoms with E-state index in [-0.39, 0.29) is 18.4 Å². The van der Waals surface area contributed by atoms with Crippen LogP contribution in [-0.2, 0) is 0 Å². The highest BCUT2D eigenvalue weighted by atomic mass is 19.1. The van der Waals surface area contributed by atoms with Crippen LogP contribution >= 0.6 is 0 Å². The fourth-order valence-electron chi connectivity index (χ4n) is 2.39. The summed E-state index contributed by atoms with van der Waals surface area (Å²) in [7, 11) is 5.49. The number of Topliss-reactive ketones (excluding diaryl/α,β-unsaturated/α-hetero) is 1. The van der Waals surface area contributed by atoms with Crippen LogP contribution in [0, 0.1) is 5.82 Å². The van der Waals surface area contributed by atoms with Crippen LogP contribution in [0.5, 0.6) is 5.75 Å². The summed E-state index contributed by atoms with van der Waals surface area (Å²) in [6.07, 6.45) is 0. The molecule has 0 aromatic heterocycles. The standard InChI is InChI=1S/C16H25FN2O2/c1-6-19(12(2)10-18(3)4)11-15(20)14-9-13(17)7-8-16(14)21-5/h7-9,12H,6,10-11H2,1-5H3. The van der Waals surface area contributed by atoms with Crippen molar-refractivity contribution in [3.05, 3.63) is 29.6 Å². The lowest BCUT2D eigenvalue weighted by Gasteiger charge is -2.29. The smallest absolute Gasteiger partial charge is 0.180 e. The van der Waals surface area contributed by atoms with Gasteiger partial charge in [0.15, 0.2) is 5.78 Å². The van der Waals surface area contributed by atoms with Crippen molar-refractivity contribution >= 4 is 5.78 Å². The average molecular weight is 296 g/mol. The number of ketones is 1. The van der Waals surface area contributed by atoms with Gasteiger partial charge >= 0.3 is 0 Å². The Morgan fingerprint density at radius 1 is 1.38 bits per heavy atom. The maximum Gasteiger partial charge on any atom is 0.180 e. The summed E-state index contributed by atoms with van der Waals surface area (Å²) in [6, 6.07) is 4.27. The molecule has 0 aliphatic carbocycles. The van der Waals surface area contributed by atoms with E-state index >= 15 is 0 Å². The van der Waals surface area contributed by atoms with Crippen molar-refractivity contribution in [2.45, 2.75) is 19.9 Å². The summed E-state index contributed by atoms with van der Waals surface area (Å²) in [5.41, 5.74) is 0.299. The minimum atomic E-state index is -0.427. The fourth-order valence-corrected chi connectivity index (χ4v) is 2.39. The molecule has 0 aliphatic heterocycles. The first kappa shape index (κ1) is 17.6. The number of carbonyl (C=O) groups excluding carboxylic acids is 1. The molecule has 1 atom stereocenters. The molecule has 0 fully saturated rings. The zero-order valence-electron chi connectivity index (χ0n) is 13.5. The van der Waals surface area contributed by atoms with Gasteiger partial charge in [-0.3, -0.25) is 9.69 Å². The molecular weight excluding hydrogens is 271 g/mol. The number of carbonyl (C=O) groups is 1. The lowest BCUT2D eigenvalue weighted by Crippen LogP contribution is -2.42. The summed E-state index contributed by atoms with van der Waals surface area (Å²) in [5, 5.41) is 0. The van der Waals surface area contributed by atoms with Crippen LogP contribution < -0.4 is 4.74 Å². The molecule has 0 amide bonds. The molecule has 0 bridgehead atoms. The first-order valence-corrected chi connectivity index (χ1v) is 7.14. The molecule has 4 nitrogen and oxygen atoms in total. The van der Waals surface area contributed by atoms with Gasteiger partial charge in [0.05, 0.1) is 19.2 Å². The predicted molar refractivity (Wildman–Crippen MR) is 82.5 cm³/mol. The topological polar surface area (TPSA) is 32.8 Å². The maximum absolute atomic E-state index is 13.4. The second-order valence-electron chi connectivity index (χ2n) is 5.44. The van der Waals surface area contributed by atoms with E-state index in [1.54, 1.807) is 0 Å². The first-order chi connectivity index (χ1) is 9.88. The minimum Gasteiger partial charge on any atom is -0.496 e. The van der Waals surface area contributed by atoms with Crippen molar-refractivity contribution in [2.75, 3.05) is 40.8 Å². The van der Waals surface area contributed by atoms with Crippen molar-refractivity contribution in [3.63, 3.8) is 0 Å². The van der Waals surface area contributed by atoms with Crippen LogP contribution in [0.25, 0.3) is 0 Å². The number of methoxy groups -OCH3 is 1. The number of hydrogen-bond donors (Lipinski definition) is 0. The van der Waals surface area contributed by atoms with Crippen LogP contribution in [0.3, 0.4) is 0 Å². The van der Waals surface area contributed by atoms with E-state index in [1.807, 2.05) is 21.0 Å². The van der Waals surface area contributed by atoms with Gasteiger partial charge in [0.2, 0.25) is 0 Å². The molecule has 1 unspecified atom stereocenters. The number of ether oxygens (including phenoxy) is 1. The zero-order chi connectivity index (χ0) is 16.0. The summed E-state index contributed by atoms with van der Waals surface area (Å²) in [5.74, 6) is -0.139. The van der Waals surface area contributed by atoms with Crippen LogP contribution in [0.2, 0.25) is 0 Å². The highest BCUT2D eigenvalue weighted by molar-refractivity contribution is 6.00. The third kappa shape index (κ3) is 5.10. The van der Waals surface area contributed by atoms with Crippen molar-refractivity contribution in [1.29, 1.82) is 0 Å². The Morgan fingerprint density at radius 3 is 2.57 bits per heavy atom. The predicted octanol–water partition coefficient (Wildman–Crippen LogP) is 2.29. The molecular formula is C16H25FN2O2. The Kier molecular flexibility index (Phi) is 6.78. The van der Waals surface area contributed by atoms with Crippen molar-refractivity contribution < 1.29 is 13.9 Å². The third-order valence-electron chi connectivity index (χ3n) is 3.47. The highest BCUT2D eigenvalue weighted by Crippen LogP contribution is 2.20. The van der Waals surface area contributed by atoms with Crippen molar-refractivity contribution in [3.8, 4) is 5.75 Å². The molecule has 0 N–H and O–H groups in total. The van der Waals surface area contributed by atoms with Crippen LogP contribution in [0.15, 0.2) is 18.2 Å². The maximum atomic E-state index is 13.4. The molecule has 0 aliphatic rings. The second kappa shape index (κ2) is 8.10. The van der Waals surface area contributed by atoms with Gasteiger partial charge in [-0.2, -0.15) is 0 Å². The molecule has 0 spiro atoms. The lowest BCUT2D eigenvalue weighted by atomic mass is 10.1. The van der Waals surface area contributed by atoms with Gasteiger partial charge in [-0.1, -0.05) is 6.92 Å². The Hall–Kier alpha value is -1.46. The third-order valence-corrected chi connectivity index (χ3v) is 3.47. The molecule has 1 rings (SSSR count). The summed E-state index contributed by atoms with van der Waals surface area (Å²) in [4.78, 5) is 16.6. The van der Waals surface area contributed by atoms with Gasteiger partial charge in [-0.05, 0) is 45.8 Å². The average Bonchev–Trinajstić information content (AvgIpc) is 2.43. The van der Waals surface area contributed by atoms with E-state index < -0.39 is 5.82 Å². The zero-order valence-corrected chi connectivity index (χ0v) is 13.5. The van der Waals surface area contributed by atoms with Gasteiger partial charge in [-0.15, -0.1) is 0 Å². The van der Waals surface area contributed by atoms with Crippen LogP contribution in [0.1, 0.15) is 24.2 Å². The SMILES string of the molecule is CCN(CC(=O)c1cc(F)ccc1OC)C(C)CN(C)C. The number of rotatable bonds is 8. The number of benzene rings is 1. The fraction of sp³-hybridized carbons (Fsp3) is 0.562. The minimum absolute atomic E-state index is 0.126. The summed E-state index contributed by atoms with van der Waals surface area (Å²) in [6.45, 7) is 5.98. The molecule has 0 heterocycles. The summed E-state index contributed by atoms with van der Waals surface area (Å²) >= 11 is 0. The molecule has 21 heavy (non-hydrogen) atoms. The number of nitrogens with zero attached hydrogens (tertiary/aromatic N) is 2. The van der Waals surface area contributed by atoms with E-state index in [1.165, 1.54) is 25.3 Å². The molecule has 5 heteroatoms. The molecule has 1 aromatic rings. The first-order valence-electron chi connectivity index (χ1n) is 7.14.